The van der Waals surface area contributed by atoms with E-state index < -0.39 is 10.0 Å². The average molecular weight is 447 g/mol. The van der Waals surface area contributed by atoms with Gasteiger partial charge in [0.2, 0.25) is 5.91 Å². The average Bonchev–Trinajstić information content (AvgIpc) is 2.79. The lowest BCUT2D eigenvalue weighted by Crippen LogP contribution is -2.16. The second-order valence-electron chi connectivity index (χ2n) is 7.27. The summed E-state index contributed by atoms with van der Waals surface area (Å²) in [5.74, 6) is 0.405. The van der Waals surface area contributed by atoms with Gasteiger partial charge in [-0.05, 0) is 58.8 Å². The molecule has 0 atom stereocenters. The highest BCUT2D eigenvalue weighted by Crippen LogP contribution is 2.22. The predicted octanol–water partition coefficient (Wildman–Crippen LogP) is 4.83. The molecule has 2 N–H and O–H groups in total. The van der Waals surface area contributed by atoms with Gasteiger partial charge in [-0.1, -0.05) is 48.5 Å². The molecule has 4 aromatic carbocycles. The maximum atomic E-state index is 12.8. The van der Waals surface area contributed by atoms with Gasteiger partial charge >= 0.3 is 0 Å². The van der Waals surface area contributed by atoms with Crippen molar-refractivity contribution in [1.29, 1.82) is 0 Å². The molecule has 0 aromatic heterocycles. The molecule has 1 amide bonds. The van der Waals surface area contributed by atoms with E-state index in [2.05, 4.69) is 10.0 Å². The standard InChI is InChI=1S/C25H22N2O4S/c1-31-23-13-11-21(12-14-23)27-32(29,30)24-8-4-7-22(17-24)26-25(28)16-18-9-10-19-5-2-3-6-20(19)15-18/h2-15,17,27H,16H2,1H3,(H,26,28). The number of rotatable bonds is 7. The number of hydrogen-bond donors (Lipinski definition) is 2. The summed E-state index contributed by atoms with van der Waals surface area (Å²) < 4.78 is 33.1. The molecule has 4 aromatic rings. The molecule has 0 spiro atoms. The van der Waals surface area contributed by atoms with E-state index in [0.717, 1.165) is 16.3 Å². The Morgan fingerprint density at radius 3 is 2.31 bits per heavy atom. The fourth-order valence-electron chi connectivity index (χ4n) is 3.35. The van der Waals surface area contributed by atoms with Crippen LogP contribution in [0.1, 0.15) is 5.56 Å². The van der Waals surface area contributed by atoms with Gasteiger partial charge < -0.3 is 10.1 Å². The Morgan fingerprint density at radius 2 is 1.56 bits per heavy atom. The van der Waals surface area contributed by atoms with Crippen molar-refractivity contribution in [3.63, 3.8) is 0 Å². The monoisotopic (exact) mass is 446 g/mol. The maximum absolute atomic E-state index is 12.8. The van der Waals surface area contributed by atoms with Crippen molar-refractivity contribution in [1.82, 2.24) is 0 Å². The first-order valence-electron chi connectivity index (χ1n) is 9.97. The van der Waals surface area contributed by atoms with Crippen LogP contribution >= 0.6 is 0 Å². The first-order valence-corrected chi connectivity index (χ1v) is 11.5. The molecular weight excluding hydrogens is 424 g/mol. The van der Waals surface area contributed by atoms with E-state index in [-0.39, 0.29) is 17.2 Å². The number of benzene rings is 4. The number of fused-ring (bicyclic) bond motifs is 1. The third kappa shape index (κ3) is 5.07. The molecule has 0 heterocycles. The minimum atomic E-state index is -3.82. The van der Waals surface area contributed by atoms with E-state index >= 15 is 0 Å². The lowest BCUT2D eigenvalue weighted by atomic mass is 10.0. The number of hydrogen-bond acceptors (Lipinski definition) is 4. The van der Waals surface area contributed by atoms with Crippen LogP contribution in [-0.4, -0.2) is 21.4 Å². The lowest BCUT2D eigenvalue weighted by Gasteiger charge is -2.11. The molecule has 0 aliphatic carbocycles. The van der Waals surface area contributed by atoms with Crippen LogP contribution in [0.25, 0.3) is 10.8 Å². The second-order valence-corrected chi connectivity index (χ2v) is 8.95. The highest BCUT2D eigenvalue weighted by molar-refractivity contribution is 7.92. The smallest absolute Gasteiger partial charge is 0.261 e. The normalized spacial score (nSPS) is 11.2. The number of sulfonamides is 1. The van der Waals surface area contributed by atoms with E-state index in [1.165, 1.54) is 12.1 Å². The van der Waals surface area contributed by atoms with Crippen LogP contribution in [0.4, 0.5) is 11.4 Å². The number of methoxy groups -OCH3 is 1. The molecule has 6 nitrogen and oxygen atoms in total. The third-order valence-electron chi connectivity index (χ3n) is 4.95. The van der Waals surface area contributed by atoms with Gasteiger partial charge in [-0.15, -0.1) is 0 Å². The first-order chi connectivity index (χ1) is 15.4. The van der Waals surface area contributed by atoms with Crippen molar-refractivity contribution in [3.8, 4) is 5.75 Å². The highest BCUT2D eigenvalue weighted by Gasteiger charge is 2.15. The number of nitrogens with one attached hydrogen (secondary N) is 2. The molecule has 0 saturated carbocycles. The molecule has 0 aliphatic rings. The van der Waals surface area contributed by atoms with E-state index in [9.17, 15) is 13.2 Å². The van der Waals surface area contributed by atoms with Gasteiger partial charge in [-0.25, -0.2) is 8.42 Å². The number of anilines is 2. The zero-order valence-electron chi connectivity index (χ0n) is 17.4. The van der Waals surface area contributed by atoms with E-state index in [1.807, 2.05) is 42.5 Å². The summed E-state index contributed by atoms with van der Waals surface area (Å²) in [6.45, 7) is 0. The molecule has 32 heavy (non-hydrogen) atoms. The molecule has 0 radical (unpaired) electrons. The molecule has 0 unspecified atom stereocenters. The van der Waals surface area contributed by atoms with E-state index in [4.69, 9.17) is 4.74 Å². The van der Waals surface area contributed by atoms with Crippen molar-refractivity contribution in [2.45, 2.75) is 11.3 Å². The molecule has 0 aliphatic heterocycles. The summed E-state index contributed by atoms with van der Waals surface area (Å²) in [5.41, 5.74) is 1.70. The number of ether oxygens (including phenoxy) is 1. The van der Waals surface area contributed by atoms with Crippen LogP contribution < -0.4 is 14.8 Å². The van der Waals surface area contributed by atoms with Crippen molar-refractivity contribution >= 4 is 38.1 Å². The number of amides is 1. The predicted molar refractivity (Wildman–Crippen MR) is 127 cm³/mol. The van der Waals surface area contributed by atoms with Gasteiger partial charge in [-0.2, -0.15) is 0 Å². The summed E-state index contributed by atoms with van der Waals surface area (Å²) in [6.07, 6.45) is 0.186. The SMILES string of the molecule is COc1ccc(NS(=O)(=O)c2cccc(NC(=O)Cc3ccc4ccccc4c3)c2)cc1. The van der Waals surface area contributed by atoms with Crippen LogP contribution in [0, 0.1) is 0 Å². The lowest BCUT2D eigenvalue weighted by molar-refractivity contribution is -0.115. The van der Waals surface area contributed by atoms with Crippen molar-refractivity contribution in [3.05, 3.63) is 96.6 Å². The number of carbonyl (C=O) groups is 1. The van der Waals surface area contributed by atoms with Crippen LogP contribution in [-0.2, 0) is 21.2 Å². The summed E-state index contributed by atoms with van der Waals surface area (Å²) in [4.78, 5) is 12.6. The summed E-state index contributed by atoms with van der Waals surface area (Å²) in [5, 5.41) is 4.96. The summed E-state index contributed by atoms with van der Waals surface area (Å²) in [6, 6.07) is 26.6. The second kappa shape index (κ2) is 9.11. The Bertz CT molecular complexity index is 1370. The van der Waals surface area contributed by atoms with Gasteiger partial charge in [0.05, 0.1) is 18.4 Å². The van der Waals surface area contributed by atoms with Crippen molar-refractivity contribution < 1.29 is 17.9 Å². The fourth-order valence-corrected chi connectivity index (χ4v) is 4.46. The van der Waals surface area contributed by atoms with Crippen LogP contribution in [0.5, 0.6) is 5.75 Å². The van der Waals surface area contributed by atoms with Crippen molar-refractivity contribution in [2.24, 2.45) is 0 Å². The van der Waals surface area contributed by atoms with Gasteiger partial charge in [0.25, 0.3) is 10.0 Å². The van der Waals surface area contributed by atoms with Gasteiger partial charge in [0.15, 0.2) is 0 Å². The Labute approximate surface area is 186 Å². The van der Waals surface area contributed by atoms with E-state index in [0.29, 0.717) is 17.1 Å². The van der Waals surface area contributed by atoms with Crippen LogP contribution in [0.2, 0.25) is 0 Å². The zero-order chi connectivity index (χ0) is 22.6. The Kier molecular flexibility index (Phi) is 6.09. The zero-order valence-corrected chi connectivity index (χ0v) is 18.2. The fraction of sp³-hybridized carbons (Fsp3) is 0.0800. The van der Waals surface area contributed by atoms with E-state index in [1.54, 1.807) is 43.5 Å². The molecule has 4 rings (SSSR count). The van der Waals surface area contributed by atoms with Gasteiger partial charge in [0, 0.05) is 11.4 Å². The molecule has 0 saturated heterocycles. The largest absolute Gasteiger partial charge is 0.497 e. The Hall–Kier alpha value is -3.84. The highest BCUT2D eigenvalue weighted by atomic mass is 32.2. The van der Waals surface area contributed by atoms with Gasteiger partial charge in [0.1, 0.15) is 5.75 Å². The molecule has 0 fully saturated rings. The quantitative estimate of drug-likeness (QED) is 0.426. The molecular formula is C25H22N2O4S. The van der Waals surface area contributed by atoms with Crippen LogP contribution in [0.3, 0.4) is 0 Å². The first kappa shape index (κ1) is 21.4. The number of carbonyl (C=O) groups excluding carboxylic acids is 1. The van der Waals surface area contributed by atoms with Gasteiger partial charge in [-0.3, -0.25) is 9.52 Å². The summed E-state index contributed by atoms with van der Waals surface area (Å²) >= 11 is 0. The van der Waals surface area contributed by atoms with Crippen LogP contribution in [0.15, 0.2) is 95.9 Å². The Balaban J connectivity index is 1.45. The maximum Gasteiger partial charge on any atom is 0.261 e. The minimum absolute atomic E-state index is 0.0526. The Morgan fingerprint density at radius 1 is 0.812 bits per heavy atom. The molecule has 7 heteroatoms. The molecule has 162 valence electrons. The third-order valence-corrected chi connectivity index (χ3v) is 6.33. The van der Waals surface area contributed by atoms with Crippen molar-refractivity contribution in [2.75, 3.05) is 17.1 Å². The summed E-state index contributed by atoms with van der Waals surface area (Å²) in [7, 11) is -2.28. The minimum Gasteiger partial charge on any atom is -0.497 e. The topological polar surface area (TPSA) is 84.5 Å². The molecule has 0 bridgehead atoms.